The second-order valence-electron chi connectivity index (χ2n) is 5.01. The van der Waals surface area contributed by atoms with Gasteiger partial charge in [0, 0.05) is 24.1 Å². The summed E-state index contributed by atoms with van der Waals surface area (Å²) < 4.78 is 13.8. The molecule has 5 heteroatoms. The monoisotopic (exact) mass is 348 g/mol. The zero-order valence-corrected chi connectivity index (χ0v) is 12.8. The maximum Gasteiger partial charge on any atom is 0.252 e. The molecule has 2 aromatic carbocycles. The van der Waals surface area contributed by atoms with Crippen molar-refractivity contribution in [2.75, 3.05) is 0 Å². The van der Waals surface area contributed by atoms with Crippen LogP contribution in [0.25, 0.3) is 0 Å². The predicted molar refractivity (Wildman–Crippen MR) is 82.3 cm³/mol. The van der Waals surface area contributed by atoms with Crippen LogP contribution in [-0.2, 0) is 19.6 Å². The molecule has 0 bridgehead atoms. The summed E-state index contributed by atoms with van der Waals surface area (Å²) in [4.78, 5) is 12.1. The minimum Gasteiger partial charge on any atom is -0.348 e. The van der Waals surface area contributed by atoms with Crippen LogP contribution in [0.4, 0.5) is 4.39 Å². The van der Waals surface area contributed by atoms with Crippen LogP contribution in [0.3, 0.4) is 0 Å². The van der Waals surface area contributed by atoms with Crippen molar-refractivity contribution in [2.24, 2.45) is 0 Å². The van der Waals surface area contributed by atoms with Gasteiger partial charge in [0.2, 0.25) is 0 Å². The van der Waals surface area contributed by atoms with Gasteiger partial charge in [-0.05, 0) is 50.8 Å². The number of hydrogen-bond donors (Lipinski definition) is 2. The third kappa shape index (κ3) is 3.14. The van der Waals surface area contributed by atoms with E-state index in [-0.39, 0.29) is 5.91 Å². The summed E-state index contributed by atoms with van der Waals surface area (Å²) in [6.07, 6.45) is 0. The van der Waals surface area contributed by atoms with Gasteiger partial charge in [-0.2, -0.15) is 0 Å². The van der Waals surface area contributed by atoms with E-state index in [0.29, 0.717) is 16.6 Å². The maximum atomic E-state index is 13.2. The topological polar surface area (TPSA) is 41.1 Å². The highest BCUT2D eigenvalue weighted by Gasteiger charge is 2.13. The number of carbonyl (C=O) groups is 1. The molecule has 0 aliphatic carbocycles. The Balaban J connectivity index is 1.70. The van der Waals surface area contributed by atoms with E-state index in [9.17, 15) is 9.18 Å². The molecule has 1 amide bonds. The first kappa shape index (κ1) is 14.2. The Labute approximate surface area is 130 Å². The maximum absolute atomic E-state index is 13.2. The summed E-state index contributed by atoms with van der Waals surface area (Å²) in [5, 5.41) is 6.10. The van der Waals surface area contributed by atoms with E-state index in [1.54, 1.807) is 0 Å². The summed E-state index contributed by atoms with van der Waals surface area (Å²) in [6.45, 7) is 2.19. The molecule has 0 radical (unpaired) electrons. The van der Waals surface area contributed by atoms with Crippen molar-refractivity contribution in [3.63, 3.8) is 0 Å². The Morgan fingerprint density at radius 1 is 1.19 bits per heavy atom. The Kier molecular flexibility index (Phi) is 4.03. The molecule has 0 aromatic heterocycles. The number of fused-ring (bicyclic) bond motifs is 1. The Hall–Kier alpha value is -1.72. The van der Waals surface area contributed by atoms with Crippen molar-refractivity contribution in [3.05, 3.63) is 68.9 Å². The van der Waals surface area contributed by atoms with Gasteiger partial charge in [-0.3, -0.25) is 4.79 Å². The van der Waals surface area contributed by atoms with E-state index < -0.39 is 5.82 Å². The highest BCUT2D eigenvalue weighted by molar-refractivity contribution is 9.10. The van der Waals surface area contributed by atoms with Gasteiger partial charge in [-0.1, -0.05) is 18.2 Å². The van der Waals surface area contributed by atoms with E-state index in [0.717, 1.165) is 18.7 Å². The molecule has 108 valence electrons. The molecule has 0 spiro atoms. The van der Waals surface area contributed by atoms with Crippen LogP contribution in [-0.4, -0.2) is 5.91 Å². The molecule has 0 fully saturated rings. The largest absolute Gasteiger partial charge is 0.348 e. The molecular formula is C16H14BrFN2O. The number of rotatable bonds is 3. The third-order valence-corrected chi connectivity index (χ3v) is 4.22. The summed E-state index contributed by atoms with van der Waals surface area (Å²) in [5.41, 5.74) is 3.92. The van der Waals surface area contributed by atoms with Crippen LogP contribution in [0.1, 0.15) is 27.0 Å². The van der Waals surface area contributed by atoms with E-state index in [4.69, 9.17) is 0 Å². The van der Waals surface area contributed by atoms with Gasteiger partial charge in [0.25, 0.3) is 5.91 Å². The number of halogens is 2. The minimum atomic E-state index is -0.424. The first-order chi connectivity index (χ1) is 10.1. The number of amides is 1. The molecule has 2 aromatic rings. The predicted octanol–water partition coefficient (Wildman–Crippen LogP) is 3.12. The first-order valence-electron chi connectivity index (χ1n) is 6.68. The fraction of sp³-hybridized carbons (Fsp3) is 0.188. The van der Waals surface area contributed by atoms with Crippen molar-refractivity contribution in [2.45, 2.75) is 19.6 Å². The lowest BCUT2D eigenvalue weighted by Crippen LogP contribution is -2.23. The van der Waals surface area contributed by atoms with Crippen molar-refractivity contribution < 1.29 is 9.18 Å². The molecule has 3 nitrogen and oxygen atoms in total. The van der Waals surface area contributed by atoms with E-state index in [1.807, 2.05) is 6.07 Å². The molecular weight excluding hydrogens is 335 g/mol. The average molecular weight is 349 g/mol. The van der Waals surface area contributed by atoms with E-state index in [1.165, 1.54) is 29.3 Å². The summed E-state index contributed by atoms with van der Waals surface area (Å²) >= 11 is 3.26. The molecule has 0 saturated heterocycles. The highest BCUT2D eigenvalue weighted by Crippen LogP contribution is 2.19. The Bertz CT molecular complexity index is 703. The molecule has 2 N–H and O–H groups in total. The molecule has 3 rings (SSSR count). The van der Waals surface area contributed by atoms with Crippen molar-refractivity contribution >= 4 is 21.8 Å². The molecule has 0 atom stereocenters. The van der Waals surface area contributed by atoms with Gasteiger partial charge in [-0.15, -0.1) is 0 Å². The van der Waals surface area contributed by atoms with Crippen LogP contribution in [0.2, 0.25) is 0 Å². The quantitative estimate of drug-likeness (QED) is 0.894. The zero-order valence-electron chi connectivity index (χ0n) is 11.2. The van der Waals surface area contributed by atoms with E-state index >= 15 is 0 Å². The zero-order chi connectivity index (χ0) is 14.8. The van der Waals surface area contributed by atoms with Crippen LogP contribution in [0, 0.1) is 5.82 Å². The lowest BCUT2D eigenvalue weighted by Gasteiger charge is -2.08. The minimum absolute atomic E-state index is 0.292. The lowest BCUT2D eigenvalue weighted by atomic mass is 10.1. The van der Waals surface area contributed by atoms with Crippen LogP contribution in [0.5, 0.6) is 0 Å². The number of hydrogen-bond acceptors (Lipinski definition) is 2. The first-order valence-corrected chi connectivity index (χ1v) is 7.47. The summed E-state index contributed by atoms with van der Waals surface area (Å²) in [6, 6.07) is 10.3. The lowest BCUT2D eigenvalue weighted by molar-refractivity contribution is 0.0949. The molecule has 1 aliphatic rings. The number of benzene rings is 2. The number of nitrogens with one attached hydrogen (secondary N) is 2. The van der Waals surface area contributed by atoms with Gasteiger partial charge in [0.15, 0.2) is 0 Å². The van der Waals surface area contributed by atoms with Gasteiger partial charge in [0.1, 0.15) is 5.82 Å². The van der Waals surface area contributed by atoms with Gasteiger partial charge in [0.05, 0.1) is 5.56 Å². The number of carbonyl (C=O) groups excluding carboxylic acids is 1. The average Bonchev–Trinajstić information content (AvgIpc) is 2.94. The van der Waals surface area contributed by atoms with Crippen LogP contribution >= 0.6 is 15.9 Å². The fourth-order valence-corrected chi connectivity index (χ4v) is 2.83. The fourth-order valence-electron chi connectivity index (χ4n) is 2.41. The van der Waals surface area contributed by atoms with Crippen molar-refractivity contribution in [3.8, 4) is 0 Å². The summed E-state index contributed by atoms with van der Waals surface area (Å²) in [5.74, 6) is -0.716. The van der Waals surface area contributed by atoms with Crippen LogP contribution in [0.15, 0.2) is 40.9 Å². The molecule has 0 saturated carbocycles. The second kappa shape index (κ2) is 5.95. The Morgan fingerprint density at radius 3 is 2.86 bits per heavy atom. The third-order valence-electron chi connectivity index (χ3n) is 3.53. The second-order valence-corrected chi connectivity index (χ2v) is 5.87. The van der Waals surface area contributed by atoms with E-state index in [2.05, 4.69) is 38.7 Å². The SMILES string of the molecule is O=C(NCc1ccc2c(c1)CNC2)c1cc(F)ccc1Br. The normalized spacial score (nSPS) is 13.0. The van der Waals surface area contributed by atoms with Gasteiger partial charge in [-0.25, -0.2) is 4.39 Å². The van der Waals surface area contributed by atoms with Crippen LogP contribution < -0.4 is 10.6 Å². The van der Waals surface area contributed by atoms with Gasteiger partial charge >= 0.3 is 0 Å². The highest BCUT2D eigenvalue weighted by atomic mass is 79.9. The molecule has 1 heterocycles. The van der Waals surface area contributed by atoms with Crippen molar-refractivity contribution in [1.29, 1.82) is 0 Å². The van der Waals surface area contributed by atoms with Gasteiger partial charge < -0.3 is 10.6 Å². The molecule has 0 unspecified atom stereocenters. The smallest absolute Gasteiger partial charge is 0.252 e. The van der Waals surface area contributed by atoms with Crippen molar-refractivity contribution in [1.82, 2.24) is 10.6 Å². The molecule has 21 heavy (non-hydrogen) atoms. The Morgan fingerprint density at radius 2 is 2.00 bits per heavy atom. The molecule has 1 aliphatic heterocycles. The summed E-state index contributed by atoms with van der Waals surface area (Å²) in [7, 11) is 0. The standard InChI is InChI=1S/C16H14BrFN2O/c17-15-4-3-13(18)6-14(15)16(21)20-7-10-1-2-11-8-19-9-12(11)5-10/h1-6,19H,7-9H2,(H,20,21).